The fourth-order valence-corrected chi connectivity index (χ4v) is 1.74. The minimum Gasteiger partial charge on any atom is -0.478 e. The number of carboxylic acid groups (broad SMARTS) is 1. The van der Waals surface area contributed by atoms with Gasteiger partial charge in [0.1, 0.15) is 5.82 Å². The van der Waals surface area contributed by atoms with E-state index in [9.17, 15) is 14.0 Å². The van der Waals surface area contributed by atoms with Gasteiger partial charge in [-0.25, -0.2) is 9.18 Å². The number of nitrogens with two attached hydrogens (primary N) is 1. The molecule has 0 unspecified atom stereocenters. The van der Waals surface area contributed by atoms with E-state index in [2.05, 4.69) is 0 Å². The summed E-state index contributed by atoms with van der Waals surface area (Å²) in [5.41, 5.74) is 6.11. The summed E-state index contributed by atoms with van der Waals surface area (Å²) >= 11 is 0. The molecule has 0 spiro atoms. The van der Waals surface area contributed by atoms with Gasteiger partial charge in [0.2, 0.25) is 5.91 Å². The molecule has 0 heterocycles. The molecule has 0 atom stereocenters. The maximum absolute atomic E-state index is 13.5. The first-order valence-corrected chi connectivity index (χ1v) is 6.12. The fourth-order valence-electron chi connectivity index (χ4n) is 1.74. The van der Waals surface area contributed by atoms with Crippen molar-refractivity contribution in [3.8, 4) is 0 Å². The molecule has 0 aliphatic rings. The van der Waals surface area contributed by atoms with Crippen molar-refractivity contribution < 1.29 is 19.1 Å². The van der Waals surface area contributed by atoms with E-state index in [-0.39, 0.29) is 12.1 Å². The maximum atomic E-state index is 13.5. The van der Waals surface area contributed by atoms with E-state index in [1.807, 2.05) is 6.92 Å². The zero-order valence-electron chi connectivity index (χ0n) is 11.2. The van der Waals surface area contributed by atoms with E-state index in [1.54, 1.807) is 17.0 Å². The van der Waals surface area contributed by atoms with Crippen LogP contribution in [0.5, 0.6) is 0 Å². The van der Waals surface area contributed by atoms with Gasteiger partial charge in [-0.1, -0.05) is 13.0 Å². The number of carboxylic acids is 1. The van der Waals surface area contributed by atoms with Crippen LogP contribution in [0.25, 0.3) is 6.08 Å². The van der Waals surface area contributed by atoms with Crippen LogP contribution < -0.4 is 5.73 Å². The van der Waals surface area contributed by atoms with Crippen LogP contribution in [0.1, 0.15) is 18.1 Å². The highest BCUT2D eigenvalue weighted by Crippen LogP contribution is 2.14. The van der Waals surface area contributed by atoms with Crippen molar-refractivity contribution in [3.63, 3.8) is 0 Å². The Kier molecular flexibility index (Phi) is 5.86. The third kappa shape index (κ3) is 5.19. The lowest BCUT2D eigenvalue weighted by atomic mass is 10.1. The van der Waals surface area contributed by atoms with Gasteiger partial charge >= 0.3 is 5.97 Å². The third-order valence-electron chi connectivity index (χ3n) is 2.70. The number of benzene rings is 1. The molecule has 0 radical (unpaired) electrons. The number of rotatable bonds is 7. The summed E-state index contributed by atoms with van der Waals surface area (Å²) in [6.45, 7) is 3.07. The highest BCUT2D eigenvalue weighted by atomic mass is 19.1. The molecule has 0 bridgehead atoms. The number of hydrogen-bond donors (Lipinski definition) is 2. The number of halogens is 1. The van der Waals surface area contributed by atoms with Crippen LogP contribution in [0.2, 0.25) is 0 Å². The largest absolute Gasteiger partial charge is 0.478 e. The van der Waals surface area contributed by atoms with E-state index >= 15 is 0 Å². The maximum Gasteiger partial charge on any atom is 0.328 e. The normalized spacial score (nSPS) is 11.2. The number of nitrogens with zero attached hydrogens (tertiary/aromatic N) is 1. The lowest BCUT2D eigenvalue weighted by Crippen LogP contribution is -2.33. The number of hydrogen-bond acceptors (Lipinski definition) is 3. The Hall–Kier alpha value is -2.21. The number of carbonyl (C=O) groups excluding carboxylic acids is 1. The Morgan fingerprint density at radius 3 is 2.70 bits per heavy atom. The predicted molar refractivity (Wildman–Crippen MR) is 73.2 cm³/mol. The Balaban J connectivity index is 2.88. The van der Waals surface area contributed by atoms with Gasteiger partial charge in [-0.2, -0.15) is 0 Å². The summed E-state index contributed by atoms with van der Waals surface area (Å²) < 4.78 is 13.5. The zero-order chi connectivity index (χ0) is 15.1. The highest BCUT2D eigenvalue weighted by molar-refractivity contribution is 5.85. The van der Waals surface area contributed by atoms with E-state index in [4.69, 9.17) is 10.8 Å². The van der Waals surface area contributed by atoms with Crippen LogP contribution >= 0.6 is 0 Å². The van der Waals surface area contributed by atoms with Crippen molar-refractivity contribution in [1.82, 2.24) is 4.90 Å². The molecule has 0 aliphatic heterocycles. The molecule has 6 heteroatoms. The third-order valence-corrected chi connectivity index (χ3v) is 2.70. The molecule has 0 fully saturated rings. The van der Waals surface area contributed by atoms with Crippen molar-refractivity contribution >= 4 is 18.0 Å². The van der Waals surface area contributed by atoms with Gasteiger partial charge in [-0.3, -0.25) is 9.69 Å². The van der Waals surface area contributed by atoms with Gasteiger partial charge in [0, 0.05) is 18.2 Å². The molecule has 0 aromatic heterocycles. The number of likely N-dealkylation sites (N-methyl/N-ethyl adjacent to an activating group) is 1. The minimum atomic E-state index is -1.14. The van der Waals surface area contributed by atoms with Gasteiger partial charge in [0.25, 0.3) is 0 Å². The van der Waals surface area contributed by atoms with Crippen molar-refractivity contribution in [2.24, 2.45) is 5.73 Å². The molecule has 0 aliphatic carbocycles. The van der Waals surface area contributed by atoms with Gasteiger partial charge in [-0.15, -0.1) is 0 Å². The monoisotopic (exact) mass is 280 g/mol. The smallest absolute Gasteiger partial charge is 0.328 e. The molecule has 1 rings (SSSR count). The lowest BCUT2D eigenvalue weighted by Gasteiger charge is -2.18. The van der Waals surface area contributed by atoms with Crippen LogP contribution in [-0.2, 0) is 16.1 Å². The summed E-state index contributed by atoms with van der Waals surface area (Å²) in [4.78, 5) is 23.2. The summed E-state index contributed by atoms with van der Waals surface area (Å²) in [5, 5.41) is 8.55. The Morgan fingerprint density at radius 1 is 1.45 bits per heavy atom. The van der Waals surface area contributed by atoms with Gasteiger partial charge in [-0.05, 0) is 30.3 Å². The van der Waals surface area contributed by atoms with Crippen LogP contribution in [0, 0.1) is 5.82 Å². The molecule has 0 saturated heterocycles. The van der Waals surface area contributed by atoms with Crippen LogP contribution in [0.15, 0.2) is 24.3 Å². The number of carbonyl (C=O) groups is 2. The molecule has 3 N–H and O–H groups in total. The number of primary amides is 1. The number of amides is 1. The average Bonchev–Trinajstić information content (AvgIpc) is 2.37. The molecule has 20 heavy (non-hydrogen) atoms. The molecule has 1 aromatic rings. The SMILES string of the molecule is CCN(CC(N)=O)Cc1ccc(F)c(/C=C/C(=O)O)c1. The molecular formula is C14H17FN2O3. The van der Waals surface area contributed by atoms with Crippen molar-refractivity contribution in [1.29, 1.82) is 0 Å². The minimum absolute atomic E-state index is 0.119. The first kappa shape index (κ1) is 15.8. The van der Waals surface area contributed by atoms with E-state index in [0.29, 0.717) is 13.1 Å². The summed E-state index contributed by atoms with van der Waals surface area (Å²) in [6, 6.07) is 4.42. The predicted octanol–water partition coefficient (Wildman–Crippen LogP) is 1.23. The van der Waals surface area contributed by atoms with Gasteiger partial charge < -0.3 is 10.8 Å². The second kappa shape index (κ2) is 7.40. The van der Waals surface area contributed by atoms with Crippen LogP contribution in [-0.4, -0.2) is 35.0 Å². The van der Waals surface area contributed by atoms with Crippen LogP contribution in [0.4, 0.5) is 4.39 Å². The Labute approximate surface area is 116 Å². The van der Waals surface area contributed by atoms with Gasteiger partial charge in [0.05, 0.1) is 6.54 Å². The standard InChI is InChI=1S/C14H17FN2O3/c1-2-17(9-13(16)18)8-10-3-5-12(15)11(7-10)4-6-14(19)20/h3-7H,2,8-9H2,1H3,(H2,16,18)(H,19,20)/b6-4+. The first-order valence-electron chi connectivity index (χ1n) is 6.12. The molecule has 5 nitrogen and oxygen atoms in total. The average molecular weight is 280 g/mol. The molecule has 0 saturated carbocycles. The van der Waals surface area contributed by atoms with E-state index in [0.717, 1.165) is 11.6 Å². The van der Waals surface area contributed by atoms with Gasteiger partial charge in [0.15, 0.2) is 0 Å². The quantitative estimate of drug-likeness (QED) is 0.736. The van der Waals surface area contributed by atoms with E-state index < -0.39 is 17.7 Å². The van der Waals surface area contributed by atoms with E-state index in [1.165, 1.54) is 12.1 Å². The molecule has 108 valence electrons. The summed E-state index contributed by atoms with van der Waals surface area (Å²) in [7, 11) is 0. The topological polar surface area (TPSA) is 83.6 Å². The molecule has 1 amide bonds. The fraction of sp³-hybridized carbons (Fsp3) is 0.286. The van der Waals surface area contributed by atoms with Crippen molar-refractivity contribution in [2.75, 3.05) is 13.1 Å². The van der Waals surface area contributed by atoms with Crippen molar-refractivity contribution in [2.45, 2.75) is 13.5 Å². The molecule has 1 aromatic carbocycles. The highest BCUT2D eigenvalue weighted by Gasteiger charge is 2.08. The Morgan fingerprint density at radius 2 is 2.15 bits per heavy atom. The summed E-state index contributed by atoms with van der Waals surface area (Å²) in [5.74, 6) is -2.07. The lowest BCUT2D eigenvalue weighted by molar-refractivity contribution is -0.131. The van der Waals surface area contributed by atoms with Crippen molar-refractivity contribution in [3.05, 3.63) is 41.2 Å². The van der Waals surface area contributed by atoms with Crippen LogP contribution in [0.3, 0.4) is 0 Å². The second-order valence-corrected chi connectivity index (χ2v) is 4.30. The zero-order valence-corrected chi connectivity index (χ0v) is 11.2. The second-order valence-electron chi connectivity index (χ2n) is 4.30. The number of aliphatic carboxylic acids is 1. The summed E-state index contributed by atoms with van der Waals surface area (Å²) in [6.07, 6.45) is 2.08. The molecular weight excluding hydrogens is 263 g/mol. The Bertz CT molecular complexity index is 529. The first-order chi connectivity index (χ1) is 9.42.